The molecule has 1 amide bonds. The predicted octanol–water partition coefficient (Wildman–Crippen LogP) is 2.63. The molecule has 0 saturated carbocycles. The SMILES string of the molecule is CN(C(=O)c1ccc(Nc2cccc3cccnc23)nc1)C1CCS(=O)(=O)C1. The molecule has 0 aliphatic carbocycles. The molecule has 1 N–H and O–H groups in total. The number of carbonyl (C=O) groups excluding carboxylic acids is 1. The second kappa shape index (κ2) is 7.20. The number of amides is 1. The zero-order chi connectivity index (χ0) is 19.7. The number of fused-ring (bicyclic) bond motifs is 1. The van der Waals surface area contributed by atoms with E-state index in [1.165, 1.54) is 11.1 Å². The summed E-state index contributed by atoms with van der Waals surface area (Å²) in [5.41, 5.74) is 2.10. The number of aromatic nitrogens is 2. The summed E-state index contributed by atoms with van der Waals surface area (Å²) in [6, 6.07) is 12.9. The van der Waals surface area contributed by atoms with Gasteiger partial charge in [0.1, 0.15) is 5.82 Å². The van der Waals surface area contributed by atoms with Crippen molar-refractivity contribution in [1.82, 2.24) is 14.9 Å². The highest BCUT2D eigenvalue weighted by atomic mass is 32.2. The van der Waals surface area contributed by atoms with E-state index in [1.807, 2.05) is 30.3 Å². The first-order valence-electron chi connectivity index (χ1n) is 8.97. The number of para-hydroxylation sites is 1. The summed E-state index contributed by atoms with van der Waals surface area (Å²) in [6.45, 7) is 0. The van der Waals surface area contributed by atoms with Crippen LogP contribution in [-0.4, -0.2) is 53.8 Å². The van der Waals surface area contributed by atoms with Crippen molar-refractivity contribution in [3.05, 3.63) is 60.4 Å². The third-order valence-corrected chi connectivity index (χ3v) is 6.73. The third kappa shape index (κ3) is 3.68. The van der Waals surface area contributed by atoms with Gasteiger partial charge in [-0.1, -0.05) is 18.2 Å². The average molecular weight is 396 g/mol. The maximum Gasteiger partial charge on any atom is 0.255 e. The van der Waals surface area contributed by atoms with Crippen molar-refractivity contribution in [2.75, 3.05) is 23.9 Å². The first-order chi connectivity index (χ1) is 13.4. The normalized spacial score (nSPS) is 18.1. The Bertz CT molecular complexity index is 1120. The minimum Gasteiger partial charge on any atom is -0.338 e. The number of hydrogen-bond donors (Lipinski definition) is 1. The van der Waals surface area contributed by atoms with E-state index in [2.05, 4.69) is 15.3 Å². The van der Waals surface area contributed by atoms with Gasteiger partial charge in [-0.25, -0.2) is 13.4 Å². The van der Waals surface area contributed by atoms with Crippen LogP contribution in [-0.2, 0) is 9.84 Å². The summed E-state index contributed by atoms with van der Waals surface area (Å²) >= 11 is 0. The van der Waals surface area contributed by atoms with Gasteiger partial charge in [0.05, 0.1) is 28.3 Å². The Labute approximate surface area is 163 Å². The zero-order valence-electron chi connectivity index (χ0n) is 15.4. The monoisotopic (exact) mass is 396 g/mol. The maximum absolute atomic E-state index is 12.6. The van der Waals surface area contributed by atoms with Gasteiger partial charge in [0.25, 0.3) is 5.91 Å². The van der Waals surface area contributed by atoms with E-state index >= 15 is 0 Å². The van der Waals surface area contributed by atoms with Gasteiger partial charge in [-0.15, -0.1) is 0 Å². The van der Waals surface area contributed by atoms with Gasteiger partial charge in [0.2, 0.25) is 0 Å². The Hall–Kier alpha value is -3.00. The molecule has 1 aromatic carbocycles. The number of benzene rings is 1. The molecule has 0 spiro atoms. The van der Waals surface area contributed by atoms with Crippen molar-refractivity contribution in [1.29, 1.82) is 0 Å². The maximum atomic E-state index is 12.6. The molecule has 1 saturated heterocycles. The lowest BCUT2D eigenvalue weighted by molar-refractivity contribution is 0.0747. The standard InChI is InChI=1S/C20H20N4O3S/c1-24(16-9-11-28(26,27)13-16)20(25)15-7-8-18(22-12-15)23-17-6-2-4-14-5-3-10-21-19(14)17/h2-8,10,12,16H,9,11,13H2,1H3,(H,22,23). The number of pyridine rings is 2. The third-order valence-electron chi connectivity index (χ3n) is 4.98. The summed E-state index contributed by atoms with van der Waals surface area (Å²) in [5.74, 6) is 0.528. The quantitative estimate of drug-likeness (QED) is 0.729. The molecule has 1 fully saturated rings. The summed E-state index contributed by atoms with van der Waals surface area (Å²) in [6.07, 6.45) is 3.72. The molecule has 1 unspecified atom stereocenters. The van der Waals surface area contributed by atoms with E-state index < -0.39 is 9.84 Å². The zero-order valence-corrected chi connectivity index (χ0v) is 16.2. The molecule has 2 aromatic heterocycles. The van der Waals surface area contributed by atoms with E-state index in [4.69, 9.17) is 0 Å². The highest BCUT2D eigenvalue weighted by molar-refractivity contribution is 7.91. The number of anilines is 2. The Kier molecular flexibility index (Phi) is 4.72. The van der Waals surface area contributed by atoms with Crippen LogP contribution in [0, 0.1) is 0 Å². The molecule has 8 heteroatoms. The average Bonchev–Trinajstić information content (AvgIpc) is 3.07. The number of sulfone groups is 1. The Morgan fingerprint density at radius 3 is 2.68 bits per heavy atom. The van der Waals surface area contributed by atoms with Crippen molar-refractivity contribution < 1.29 is 13.2 Å². The van der Waals surface area contributed by atoms with Gasteiger partial charge in [-0.3, -0.25) is 9.78 Å². The van der Waals surface area contributed by atoms with Gasteiger partial charge in [-0.05, 0) is 30.7 Å². The Morgan fingerprint density at radius 1 is 1.14 bits per heavy atom. The molecule has 1 atom stereocenters. The predicted molar refractivity (Wildman–Crippen MR) is 108 cm³/mol. The molecule has 28 heavy (non-hydrogen) atoms. The lowest BCUT2D eigenvalue weighted by Gasteiger charge is -2.23. The number of hydrogen-bond acceptors (Lipinski definition) is 6. The number of nitrogens with one attached hydrogen (secondary N) is 1. The van der Waals surface area contributed by atoms with E-state index in [1.54, 1.807) is 25.4 Å². The topological polar surface area (TPSA) is 92.3 Å². The van der Waals surface area contributed by atoms with Crippen LogP contribution in [0.15, 0.2) is 54.9 Å². The summed E-state index contributed by atoms with van der Waals surface area (Å²) in [4.78, 5) is 22.9. The van der Waals surface area contributed by atoms with Gasteiger partial charge in [0, 0.05) is 30.9 Å². The minimum absolute atomic E-state index is 0.0242. The Balaban J connectivity index is 1.50. The Morgan fingerprint density at radius 2 is 1.96 bits per heavy atom. The fourth-order valence-electron chi connectivity index (χ4n) is 3.39. The summed E-state index contributed by atoms with van der Waals surface area (Å²) < 4.78 is 23.3. The van der Waals surface area contributed by atoms with E-state index in [9.17, 15) is 13.2 Å². The number of rotatable bonds is 4. The molecule has 1 aliphatic rings. The van der Waals surface area contributed by atoms with Crippen LogP contribution < -0.4 is 5.32 Å². The van der Waals surface area contributed by atoms with Gasteiger partial charge < -0.3 is 10.2 Å². The van der Waals surface area contributed by atoms with Crippen LogP contribution in [0.3, 0.4) is 0 Å². The van der Waals surface area contributed by atoms with Crippen molar-refractivity contribution in [3.63, 3.8) is 0 Å². The molecule has 3 aromatic rings. The van der Waals surface area contributed by atoms with E-state index in [0.717, 1.165) is 16.6 Å². The van der Waals surface area contributed by atoms with Crippen molar-refractivity contribution in [2.45, 2.75) is 12.5 Å². The molecule has 0 bridgehead atoms. The highest BCUT2D eigenvalue weighted by Crippen LogP contribution is 2.24. The molecular weight excluding hydrogens is 376 g/mol. The van der Waals surface area contributed by atoms with Crippen LogP contribution in [0.2, 0.25) is 0 Å². The van der Waals surface area contributed by atoms with Crippen LogP contribution in [0.5, 0.6) is 0 Å². The molecule has 3 heterocycles. The lowest BCUT2D eigenvalue weighted by Crippen LogP contribution is -2.37. The van der Waals surface area contributed by atoms with E-state index in [0.29, 0.717) is 17.8 Å². The van der Waals surface area contributed by atoms with Crippen LogP contribution in [0.1, 0.15) is 16.8 Å². The van der Waals surface area contributed by atoms with Crippen molar-refractivity contribution >= 4 is 38.2 Å². The first kappa shape index (κ1) is 18.4. The highest BCUT2D eigenvalue weighted by Gasteiger charge is 2.33. The fraction of sp³-hybridized carbons (Fsp3) is 0.250. The van der Waals surface area contributed by atoms with Crippen LogP contribution >= 0.6 is 0 Å². The molecule has 0 radical (unpaired) electrons. The van der Waals surface area contributed by atoms with Crippen LogP contribution in [0.25, 0.3) is 10.9 Å². The van der Waals surface area contributed by atoms with Crippen molar-refractivity contribution in [3.8, 4) is 0 Å². The molecule has 7 nitrogen and oxygen atoms in total. The fourth-order valence-corrected chi connectivity index (χ4v) is 5.16. The number of carbonyl (C=O) groups is 1. The lowest BCUT2D eigenvalue weighted by atomic mass is 10.2. The van der Waals surface area contributed by atoms with Gasteiger partial charge in [0.15, 0.2) is 9.84 Å². The van der Waals surface area contributed by atoms with Gasteiger partial charge >= 0.3 is 0 Å². The summed E-state index contributed by atoms with van der Waals surface area (Å²) in [7, 11) is -1.40. The largest absolute Gasteiger partial charge is 0.338 e. The van der Waals surface area contributed by atoms with Crippen LogP contribution in [0.4, 0.5) is 11.5 Å². The smallest absolute Gasteiger partial charge is 0.255 e. The molecular formula is C20H20N4O3S. The molecule has 1 aliphatic heterocycles. The minimum atomic E-state index is -3.04. The van der Waals surface area contributed by atoms with E-state index in [-0.39, 0.29) is 23.5 Å². The first-order valence-corrected chi connectivity index (χ1v) is 10.8. The number of nitrogens with zero attached hydrogens (tertiary/aromatic N) is 3. The second-order valence-electron chi connectivity index (χ2n) is 6.91. The van der Waals surface area contributed by atoms with Gasteiger partial charge in [-0.2, -0.15) is 0 Å². The second-order valence-corrected chi connectivity index (χ2v) is 9.14. The van der Waals surface area contributed by atoms with Crippen molar-refractivity contribution in [2.24, 2.45) is 0 Å². The molecule has 4 rings (SSSR count). The molecule has 144 valence electrons. The summed E-state index contributed by atoms with van der Waals surface area (Å²) in [5, 5.41) is 4.25.